The number of halogens is 1. The van der Waals surface area contributed by atoms with Crippen molar-refractivity contribution in [2.75, 3.05) is 66.1 Å². The summed E-state index contributed by atoms with van der Waals surface area (Å²) in [6.45, 7) is 2.56. The van der Waals surface area contributed by atoms with Gasteiger partial charge < -0.3 is 18.9 Å². The summed E-state index contributed by atoms with van der Waals surface area (Å²) in [5, 5.41) is 0. The summed E-state index contributed by atoms with van der Waals surface area (Å²) >= 11 is 0. The predicted octanol–water partition coefficient (Wildman–Crippen LogP) is -0.0527. The third-order valence-corrected chi connectivity index (χ3v) is 2.70. The first-order valence-corrected chi connectivity index (χ1v) is 7.16. The third kappa shape index (κ3) is 8.18. The molecule has 8 heteroatoms. The van der Waals surface area contributed by atoms with Gasteiger partial charge in [0.15, 0.2) is 0 Å². The number of ether oxygens (including phenoxy) is 4. The summed E-state index contributed by atoms with van der Waals surface area (Å²) < 4.78 is 32.3. The number of rotatable bonds is 14. The van der Waals surface area contributed by atoms with Gasteiger partial charge in [-0.15, -0.1) is 0 Å². The molecule has 0 aromatic rings. The highest BCUT2D eigenvalue weighted by atomic mass is 19.1. The summed E-state index contributed by atoms with van der Waals surface area (Å²) in [6.07, 6.45) is 2.49. The zero-order chi connectivity index (χ0) is 16.0. The Labute approximate surface area is 128 Å². The van der Waals surface area contributed by atoms with Crippen LogP contribution in [0.15, 0.2) is 12.2 Å². The molecule has 0 spiro atoms. The first kappa shape index (κ1) is 18.7. The van der Waals surface area contributed by atoms with E-state index in [0.717, 1.165) is 4.90 Å². The molecule has 0 N–H and O–H groups in total. The van der Waals surface area contributed by atoms with E-state index in [0.29, 0.717) is 39.6 Å². The Bertz CT molecular complexity index is 345. The fourth-order valence-electron chi connectivity index (χ4n) is 1.62. The number of amides is 2. The van der Waals surface area contributed by atoms with Crippen LogP contribution in [0.4, 0.5) is 4.39 Å². The molecule has 22 heavy (non-hydrogen) atoms. The monoisotopic (exact) mass is 319 g/mol. The van der Waals surface area contributed by atoms with Crippen LogP contribution in [0.1, 0.15) is 0 Å². The van der Waals surface area contributed by atoms with Gasteiger partial charge in [-0.05, 0) is 0 Å². The average Bonchev–Trinajstić information content (AvgIpc) is 2.83. The van der Waals surface area contributed by atoms with Crippen LogP contribution in [0.5, 0.6) is 0 Å². The van der Waals surface area contributed by atoms with Gasteiger partial charge in [0, 0.05) is 12.2 Å². The molecule has 1 aliphatic heterocycles. The second kappa shape index (κ2) is 12.2. The number of alkyl halides is 1. The molecule has 1 aliphatic rings. The van der Waals surface area contributed by atoms with E-state index >= 15 is 0 Å². The van der Waals surface area contributed by atoms with Gasteiger partial charge in [0.2, 0.25) is 0 Å². The number of nitrogens with zero attached hydrogens (tertiary/aromatic N) is 1. The molecule has 0 aliphatic carbocycles. The van der Waals surface area contributed by atoms with Crippen LogP contribution < -0.4 is 0 Å². The van der Waals surface area contributed by atoms with Gasteiger partial charge in [0.1, 0.15) is 6.67 Å². The van der Waals surface area contributed by atoms with Crippen molar-refractivity contribution in [3.05, 3.63) is 12.2 Å². The van der Waals surface area contributed by atoms with Crippen molar-refractivity contribution in [3.63, 3.8) is 0 Å². The average molecular weight is 319 g/mol. The number of carbonyl (C=O) groups is 2. The van der Waals surface area contributed by atoms with Crippen molar-refractivity contribution in [1.29, 1.82) is 0 Å². The van der Waals surface area contributed by atoms with E-state index in [1.54, 1.807) is 0 Å². The Morgan fingerprint density at radius 1 is 0.727 bits per heavy atom. The minimum Gasteiger partial charge on any atom is -0.377 e. The second-order valence-electron chi connectivity index (χ2n) is 4.30. The lowest BCUT2D eigenvalue weighted by Gasteiger charge is -2.13. The van der Waals surface area contributed by atoms with Crippen LogP contribution in [0, 0.1) is 0 Å². The summed E-state index contributed by atoms with van der Waals surface area (Å²) in [5.74, 6) is -0.616. The molecule has 0 aromatic carbocycles. The van der Waals surface area contributed by atoms with Crippen LogP contribution in [-0.2, 0) is 28.5 Å². The molecule has 0 radical (unpaired) electrons. The van der Waals surface area contributed by atoms with Crippen LogP contribution >= 0.6 is 0 Å². The molecule has 126 valence electrons. The fraction of sp³-hybridized carbons (Fsp3) is 0.714. The molecular weight excluding hydrogens is 297 g/mol. The fourth-order valence-corrected chi connectivity index (χ4v) is 1.62. The SMILES string of the molecule is O=C1C=CC(=O)N1CCOCCOCCOCCOCCF. The summed E-state index contributed by atoms with van der Waals surface area (Å²) in [5.41, 5.74) is 0. The number of hydrogen-bond acceptors (Lipinski definition) is 6. The third-order valence-electron chi connectivity index (χ3n) is 2.70. The van der Waals surface area contributed by atoms with Crippen molar-refractivity contribution in [1.82, 2.24) is 4.90 Å². The summed E-state index contributed by atoms with van der Waals surface area (Å²) in [4.78, 5) is 23.6. The van der Waals surface area contributed by atoms with E-state index in [2.05, 4.69) is 0 Å². The lowest BCUT2D eigenvalue weighted by molar-refractivity contribution is -0.137. The Hall–Kier alpha value is -1.35. The molecule has 0 atom stereocenters. The van der Waals surface area contributed by atoms with E-state index in [-0.39, 0.29) is 31.6 Å². The predicted molar refractivity (Wildman–Crippen MR) is 75.1 cm³/mol. The molecule has 1 rings (SSSR count). The molecule has 0 saturated heterocycles. The second-order valence-corrected chi connectivity index (χ2v) is 4.30. The first-order chi connectivity index (χ1) is 10.8. The molecule has 2 amide bonds. The van der Waals surface area contributed by atoms with Gasteiger partial charge in [-0.1, -0.05) is 0 Å². The summed E-state index contributed by atoms with van der Waals surface area (Å²) in [6, 6.07) is 0. The van der Waals surface area contributed by atoms with E-state index in [1.807, 2.05) is 0 Å². The molecule has 0 unspecified atom stereocenters. The van der Waals surface area contributed by atoms with Gasteiger partial charge >= 0.3 is 0 Å². The van der Waals surface area contributed by atoms with E-state index in [9.17, 15) is 14.0 Å². The number of carbonyl (C=O) groups excluding carboxylic acids is 2. The lowest BCUT2D eigenvalue weighted by Crippen LogP contribution is -2.33. The Kier molecular flexibility index (Phi) is 10.4. The number of imide groups is 1. The zero-order valence-corrected chi connectivity index (χ0v) is 12.5. The quantitative estimate of drug-likeness (QED) is 0.330. The van der Waals surface area contributed by atoms with Crippen molar-refractivity contribution < 1.29 is 32.9 Å². The van der Waals surface area contributed by atoms with Crippen molar-refractivity contribution >= 4 is 11.8 Å². The zero-order valence-electron chi connectivity index (χ0n) is 12.5. The van der Waals surface area contributed by atoms with Crippen LogP contribution in [0.2, 0.25) is 0 Å². The molecular formula is C14H22FNO6. The minimum absolute atomic E-state index is 0.0991. The van der Waals surface area contributed by atoms with E-state index in [4.69, 9.17) is 18.9 Å². The largest absolute Gasteiger partial charge is 0.377 e. The molecule has 7 nitrogen and oxygen atoms in total. The van der Waals surface area contributed by atoms with Gasteiger partial charge in [-0.2, -0.15) is 0 Å². The minimum atomic E-state index is -0.486. The highest BCUT2D eigenvalue weighted by molar-refractivity contribution is 6.12. The standard InChI is InChI=1S/C14H22FNO6/c15-3-5-19-7-9-21-11-12-22-10-8-20-6-4-16-13(17)1-2-14(16)18/h1-2H,3-12H2. The van der Waals surface area contributed by atoms with Crippen LogP contribution in [0.25, 0.3) is 0 Å². The highest BCUT2D eigenvalue weighted by Crippen LogP contribution is 2.02. The van der Waals surface area contributed by atoms with Crippen molar-refractivity contribution in [3.8, 4) is 0 Å². The van der Waals surface area contributed by atoms with Gasteiger partial charge in [0.05, 0.1) is 59.4 Å². The smallest absolute Gasteiger partial charge is 0.253 e. The Morgan fingerprint density at radius 3 is 1.59 bits per heavy atom. The first-order valence-electron chi connectivity index (χ1n) is 7.16. The summed E-state index contributed by atoms with van der Waals surface area (Å²) in [7, 11) is 0. The molecule has 1 heterocycles. The van der Waals surface area contributed by atoms with Gasteiger partial charge in [-0.3, -0.25) is 14.5 Å². The van der Waals surface area contributed by atoms with Crippen LogP contribution in [-0.4, -0.2) is 82.8 Å². The molecule has 0 fully saturated rings. The normalized spacial score (nSPS) is 14.3. The molecule has 0 saturated carbocycles. The Balaban J connectivity index is 1.79. The molecule has 0 aromatic heterocycles. The maximum absolute atomic E-state index is 11.7. The topological polar surface area (TPSA) is 74.3 Å². The van der Waals surface area contributed by atoms with Crippen molar-refractivity contribution in [2.45, 2.75) is 0 Å². The lowest BCUT2D eigenvalue weighted by atomic mass is 10.5. The highest BCUT2D eigenvalue weighted by Gasteiger charge is 2.22. The van der Waals surface area contributed by atoms with Crippen molar-refractivity contribution in [2.24, 2.45) is 0 Å². The number of hydrogen-bond donors (Lipinski definition) is 0. The van der Waals surface area contributed by atoms with Gasteiger partial charge in [0.25, 0.3) is 11.8 Å². The Morgan fingerprint density at radius 2 is 1.14 bits per heavy atom. The van der Waals surface area contributed by atoms with E-state index in [1.165, 1.54) is 12.2 Å². The van der Waals surface area contributed by atoms with Crippen LogP contribution in [0.3, 0.4) is 0 Å². The van der Waals surface area contributed by atoms with E-state index < -0.39 is 6.67 Å². The van der Waals surface area contributed by atoms with Gasteiger partial charge in [-0.25, -0.2) is 4.39 Å². The maximum atomic E-state index is 11.7. The maximum Gasteiger partial charge on any atom is 0.253 e. The molecule has 0 bridgehead atoms.